The largest absolute Gasteiger partial charge is 0.357 e. The summed E-state index contributed by atoms with van der Waals surface area (Å²) >= 11 is 13.2. The van der Waals surface area contributed by atoms with Gasteiger partial charge in [-0.2, -0.15) is 0 Å². The topological polar surface area (TPSA) is 49.4 Å². The Bertz CT molecular complexity index is 829. The Labute approximate surface area is 184 Å². The number of halogens is 3. The summed E-state index contributed by atoms with van der Waals surface area (Å²) in [7, 11) is 1.55. The average molecular weight is 457 g/mol. The molecule has 0 bridgehead atoms. The Hall–Kier alpha value is -1.76. The molecule has 0 saturated heterocycles. The van der Waals surface area contributed by atoms with Gasteiger partial charge in [0.2, 0.25) is 11.8 Å². The zero-order valence-corrected chi connectivity index (χ0v) is 18.6. The summed E-state index contributed by atoms with van der Waals surface area (Å²) in [6.45, 7) is 2.14. The minimum absolute atomic E-state index is 0.103. The van der Waals surface area contributed by atoms with E-state index >= 15 is 0 Å². The molecular formula is C21H23Cl2FN2O2S. The van der Waals surface area contributed by atoms with E-state index in [1.165, 1.54) is 17.8 Å². The maximum atomic E-state index is 13.9. The van der Waals surface area contributed by atoms with Crippen LogP contribution in [0.4, 0.5) is 4.39 Å². The van der Waals surface area contributed by atoms with Crippen molar-refractivity contribution in [2.45, 2.75) is 31.7 Å². The number of hydrogen-bond donors (Lipinski definition) is 1. The lowest BCUT2D eigenvalue weighted by Gasteiger charge is -2.30. The Kier molecular flexibility index (Phi) is 9.27. The van der Waals surface area contributed by atoms with Gasteiger partial charge in [-0.3, -0.25) is 9.59 Å². The van der Waals surface area contributed by atoms with Crippen LogP contribution in [0.2, 0.25) is 10.0 Å². The van der Waals surface area contributed by atoms with Gasteiger partial charge in [0.1, 0.15) is 11.9 Å². The van der Waals surface area contributed by atoms with Gasteiger partial charge >= 0.3 is 0 Å². The highest BCUT2D eigenvalue weighted by molar-refractivity contribution is 7.99. The Balaban J connectivity index is 2.12. The Morgan fingerprint density at radius 3 is 2.45 bits per heavy atom. The summed E-state index contributed by atoms with van der Waals surface area (Å²) < 4.78 is 13.9. The molecule has 1 N–H and O–H groups in total. The van der Waals surface area contributed by atoms with Crippen LogP contribution < -0.4 is 5.32 Å². The van der Waals surface area contributed by atoms with Crippen molar-refractivity contribution in [3.8, 4) is 0 Å². The smallest absolute Gasteiger partial charge is 0.242 e. The van der Waals surface area contributed by atoms with E-state index in [9.17, 15) is 14.0 Å². The first-order chi connectivity index (χ1) is 13.9. The summed E-state index contributed by atoms with van der Waals surface area (Å²) in [5, 5.41) is 3.55. The molecule has 0 heterocycles. The van der Waals surface area contributed by atoms with E-state index in [1.807, 2.05) is 19.1 Å². The number of amides is 2. The van der Waals surface area contributed by atoms with Crippen molar-refractivity contribution in [3.05, 3.63) is 69.5 Å². The number of rotatable bonds is 9. The van der Waals surface area contributed by atoms with E-state index in [4.69, 9.17) is 23.2 Å². The van der Waals surface area contributed by atoms with Crippen molar-refractivity contribution in [1.82, 2.24) is 10.2 Å². The molecule has 29 heavy (non-hydrogen) atoms. The van der Waals surface area contributed by atoms with Crippen LogP contribution in [0.1, 0.15) is 24.5 Å². The fraction of sp³-hybridized carbons (Fsp3) is 0.333. The fourth-order valence-corrected chi connectivity index (χ4v) is 4.24. The van der Waals surface area contributed by atoms with Crippen LogP contribution in [0.25, 0.3) is 0 Å². The minimum atomic E-state index is -0.596. The Morgan fingerprint density at radius 1 is 1.17 bits per heavy atom. The average Bonchev–Trinajstić information content (AvgIpc) is 2.71. The van der Waals surface area contributed by atoms with E-state index in [0.717, 1.165) is 5.56 Å². The van der Waals surface area contributed by atoms with Crippen molar-refractivity contribution in [2.24, 2.45) is 0 Å². The van der Waals surface area contributed by atoms with Crippen molar-refractivity contribution in [1.29, 1.82) is 0 Å². The van der Waals surface area contributed by atoms with Crippen LogP contribution in [-0.2, 0) is 21.9 Å². The predicted molar refractivity (Wildman–Crippen MR) is 118 cm³/mol. The molecule has 0 radical (unpaired) electrons. The second kappa shape index (κ2) is 11.4. The van der Waals surface area contributed by atoms with Crippen molar-refractivity contribution >= 4 is 46.8 Å². The van der Waals surface area contributed by atoms with Crippen LogP contribution in [0, 0.1) is 5.82 Å². The molecule has 0 aliphatic rings. The zero-order valence-electron chi connectivity index (χ0n) is 16.3. The maximum Gasteiger partial charge on any atom is 0.242 e. The van der Waals surface area contributed by atoms with Gasteiger partial charge in [0.25, 0.3) is 0 Å². The number of carbonyl (C=O) groups is 2. The van der Waals surface area contributed by atoms with E-state index < -0.39 is 11.9 Å². The number of carbonyl (C=O) groups excluding carboxylic acids is 2. The molecule has 4 nitrogen and oxygen atoms in total. The van der Waals surface area contributed by atoms with Crippen molar-refractivity contribution in [3.63, 3.8) is 0 Å². The normalized spacial score (nSPS) is 11.8. The van der Waals surface area contributed by atoms with E-state index in [-0.39, 0.29) is 29.9 Å². The minimum Gasteiger partial charge on any atom is -0.357 e. The molecule has 0 spiro atoms. The van der Waals surface area contributed by atoms with Gasteiger partial charge in [-0.1, -0.05) is 48.3 Å². The molecule has 156 valence electrons. The van der Waals surface area contributed by atoms with E-state index in [1.54, 1.807) is 36.2 Å². The number of likely N-dealkylation sites (N-methyl/N-ethyl adjacent to an activating group) is 1. The predicted octanol–water partition coefficient (Wildman–Crippen LogP) is 4.92. The second-order valence-electron chi connectivity index (χ2n) is 6.38. The molecule has 0 saturated carbocycles. The number of nitrogens with zero attached hydrogens (tertiary/aromatic N) is 1. The van der Waals surface area contributed by atoms with E-state index in [2.05, 4.69) is 5.32 Å². The van der Waals surface area contributed by atoms with Crippen LogP contribution in [0.15, 0.2) is 42.5 Å². The quantitative estimate of drug-likeness (QED) is 0.582. The molecule has 1 unspecified atom stereocenters. The fourth-order valence-electron chi connectivity index (χ4n) is 2.87. The van der Waals surface area contributed by atoms with E-state index in [0.29, 0.717) is 22.0 Å². The molecule has 2 aromatic carbocycles. The van der Waals surface area contributed by atoms with Crippen LogP contribution in [0.5, 0.6) is 0 Å². The molecule has 0 fully saturated rings. The summed E-state index contributed by atoms with van der Waals surface area (Å²) in [6, 6.07) is 11.0. The third kappa shape index (κ3) is 6.63. The van der Waals surface area contributed by atoms with Crippen molar-refractivity contribution < 1.29 is 14.0 Å². The summed E-state index contributed by atoms with van der Waals surface area (Å²) in [4.78, 5) is 26.8. The number of hydrogen-bond acceptors (Lipinski definition) is 3. The third-order valence-corrected chi connectivity index (χ3v) is 5.98. The van der Waals surface area contributed by atoms with Crippen LogP contribution >= 0.6 is 35.0 Å². The summed E-state index contributed by atoms with van der Waals surface area (Å²) in [6.07, 6.45) is 0.475. The SMILES string of the molecule is CCC(C(=O)NC)N(Cc1ccc(Cl)cc1)C(=O)CSCc1c(F)cccc1Cl. The highest BCUT2D eigenvalue weighted by Gasteiger charge is 2.27. The lowest BCUT2D eigenvalue weighted by atomic mass is 10.1. The standard InChI is InChI=1S/C21H23Cl2FN2O2S/c1-3-19(21(28)25-2)26(11-14-7-9-15(22)10-8-14)20(27)13-29-12-16-17(23)5-4-6-18(16)24/h4-10,19H,3,11-13H2,1-2H3,(H,25,28). The molecular weight excluding hydrogens is 434 g/mol. The molecule has 2 aromatic rings. The molecule has 0 aliphatic heterocycles. The molecule has 1 atom stereocenters. The highest BCUT2D eigenvalue weighted by atomic mass is 35.5. The third-order valence-electron chi connectivity index (χ3n) is 4.43. The lowest BCUT2D eigenvalue weighted by molar-refractivity contribution is -0.139. The van der Waals surface area contributed by atoms with Gasteiger partial charge < -0.3 is 10.2 Å². The number of benzene rings is 2. The lowest BCUT2D eigenvalue weighted by Crippen LogP contribution is -2.48. The van der Waals surface area contributed by atoms with Gasteiger partial charge in [-0.15, -0.1) is 11.8 Å². The van der Waals surface area contributed by atoms with Crippen molar-refractivity contribution in [2.75, 3.05) is 12.8 Å². The Morgan fingerprint density at radius 2 is 1.86 bits per heavy atom. The van der Waals surface area contributed by atoms with Gasteiger partial charge in [0.05, 0.1) is 5.75 Å². The molecule has 2 amide bonds. The highest BCUT2D eigenvalue weighted by Crippen LogP contribution is 2.24. The first-order valence-electron chi connectivity index (χ1n) is 9.13. The van der Waals surface area contributed by atoms with Gasteiger partial charge in [0, 0.05) is 35.0 Å². The first-order valence-corrected chi connectivity index (χ1v) is 11.0. The monoisotopic (exact) mass is 456 g/mol. The molecule has 0 aromatic heterocycles. The van der Waals surface area contributed by atoms with Gasteiger partial charge in [0.15, 0.2) is 0 Å². The molecule has 0 aliphatic carbocycles. The molecule has 8 heteroatoms. The van der Waals surface area contributed by atoms with Gasteiger partial charge in [-0.05, 0) is 36.2 Å². The number of nitrogens with one attached hydrogen (secondary N) is 1. The van der Waals surface area contributed by atoms with Gasteiger partial charge in [-0.25, -0.2) is 4.39 Å². The second-order valence-corrected chi connectivity index (χ2v) is 8.21. The summed E-state index contributed by atoms with van der Waals surface area (Å²) in [5.41, 5.74) is 1.24. The number of thioether (sulfide) groups is 1. The molecule has 2 rings (SSSR count). The first kappa shape index (κ1) is 23.5. The van der Waals surface area contributed by atoms with Crippen LogP contribution in [-0.4, -0.2) is 35.6 Å². The zero-order chi connectivity index (χ0) is 21.4. The van der Waals surface area contributed by atoms with Crippen LogP contribution in [0.3, 0.4) is 0 Å². The maximum absolute atomic E-state index is 13.9. The summed E-state index contributed by atoms with van der Waals surface area (Å²) in [5.74, 6) is -0.453.